The highest BCUT2D eigenvalue weighted by atomic mass is 32.1. The fourth-order valence-corrected chi connectivity index (χ4v) is 5.57. The van der Waals surface area contributed by atoms with Crippen molar-refractivity contribution in [3.8, 4) is 5.69 Å². The van der Waals surface area contributed by atoms with Gasteiger partial charge in [0.25, 0.3) is 5.56 Å². The topological polar surface area (TPSA) is 122 Å². The minimum absolute atomic E-state index is 0.0455. The molecule has 2 amide bonds. The number of thiophene rings is 1. The van der Waals surface area contributed by atoms with Gasteiger partial charge in [-0.05, 0) is 31.0 Å². The predicted molar refractivity (Wildman–Crippen MR) is 128 cm³/mol. The molecular weight excluding hydrogens is 456 g/mol. The summed E-state index contributed by atoms with van der Waals surface area (Å²) in [7, 11) is 0. The van der Waals surface area contributed by atoms with E-state index in [1.165, 1.54) is 22.8 Å². The number of carbonyl (C=O) groups is 2. The van der Waals surface area contributed by atoms with Gasteiger partial charge in [-0.15, -0.1) is 11.3 Å². The number of H-pyrrole nitrogens is 1. The summed E-state index contributed by atoms with van der Waals surface area (Å²) in [6, 6.07) is 10.3. The van der Waals surface area contributed by atoms with E-state index < -0.39 is 17.2 Å². The Kier molecular flexibility index (Phi) is 5.40. The zero-order chi connectivity index (χ0) is 24.0. The van der Waals surface area contributed by atoms with Gasteiger partial charge in [-0.1, -0.05) is 18.2 Å². The molecule has 4 heterocycles. The maximum absolute atomic E-state index is 13.6. The monoisotopic (exact) mass is 478 g/mol. The summed E-state index contributed by atoms with van der Waals surface area (Å²) >= 11 is 1.29. The highest BCUT2D eigenvalue weighted by Crippen LogP contribution is 2.33. The molecule has 0 unspecified atom stereocenters. The Morgan fingerprint density at radius 2 is 1.97 bits per heavy atom. The second-order valence-electron chi connectivity index (χ2n) is 8.20. The number of para-hydroxylation sites is 1. The number of nitrogens with one attached hydrogen (secondary N) is 2. The van der Waals surface area contributed by atoms with Gasteiger partial charge >= 0.3 is 5.69 Å². The Bertz CT molecular complexity index is 1550. The lowest BCUT2D eigenvalue weighted by Gasteiger charge is -2.25. The third-order valence-electron chi connectivity index (χ3n) is 5.86. The number of aromatic amines is 1. The van der Waals surface area contributed by atoms with Crippen molar-refractivity contribution in [1.29, 1.82) is 0 Å². The van der Waals surface area contributed by atoms with E-state index in [1.54, 1.807) is 41.3 Å². The number of aromatic nitrogens is 4. The quantitative estimate of drug-likeness (QED) is 0.463. The Labute approximate surface area is 197 Å². The summed E-state index contributed by atoms with van der Waals surface area (Å²) in [4.78, 5) is 54.9. The van der Waals surface area contributed by atoms with Crippen LogP contribution < -0.4 is 16.6 Å². The van der Waals surface area contributed by atoms with Gasteiger partial charge in [0.2, 0.25) is 11.8 Å². The molecule has 5 rings (SSSR count). The van der Waals surface area contributed by atoms with E-state index in [0.717, 1.165) is 20.7 Å². The van der Waals surface area contributed by atoms with E-state index >= 15 is 0 Å². The van der Waals surface area contributed by atoms with E-state index in [-0.39, 0.29) is 12.5 Å². The first kappa shape index (κ1) is 21.8. The van der Waals surface area contributed by atoms with E-state index in [1.807, 2.05) is 6.92 Å². The zero-order valence-electron chi connectivity index (χ0n) is 18.6. The average Bonchev–Trinajstić information content (AvgIpc) is 3.40. The normalized spacial score (nSPS) is 13.2. The van der Waals surface area contributed by atoms with Crippen molar-refractivity contribution in [2.24, 2.45) is 0 Å². The summed E-state index contributed by atoms with van der Waals surface area (Å²) in [5.41, 5.74) is 1.04. The number of amides is 2. The average molecular weight is 479 g/mol. The molecule has 11 heteroatoms. The van der Waals surface area contributed by atoms with Crippen LogP contribution >= 0.6 is 11.3 Å². The van der Waals surface area contributed by atoms with Crippen LogP contribution in [0.1, 0.15) is 23.1 Å². The number of rotatable bonds is 4. The van der Waals surface area contributed by atoms with Crippen molar-refractivity contribution in [3.63, 3.8) is 0 Å². The molecule has 1 aliphatic rings. The number of nitrogens with zero attached hydrogens (tertiary/aromatic N) is 4. The van der Waals surface area contributed by atoms with Crippen molar-refractivity contribution in [3.05, 3.63) is 73.4 Å². The fraction of sp³-hybridized carbons (Fsp3) is 0.261. The first-order chi connectivity index (χ1) is 16.3. The van der Waals surface area contributed by atoms with Gasteiger partial charge < -0.3 is 10.2 Å². The van der Waals surface area contributed by atoms with Crippen LogP contribution in [-0.2, 0) is 29.1 Å². The van der Waals surface area contributed by atoms with Crippen LogP contribution in [0.3, 0.4) is 0 Å². The van der Waals surface area contributed by atoms with Crippen LogP contribution in [0.2, 0.25) is 0 Å². The van der Waals surface area contributed by atoms with Crippen molar-refractivity contribution in [2.75, 3.05) is 11.9 Å². The van der Waals surface area contributed by atoms with Gasteiger partial charge in [-0.2, -0.15) is 5.10 Å². The summed E-state index contributed by atoms with van der Waals surface area (Å²) in [5, 5.41) is 9.87. The molecule has 10 nitrogen and oxygen atoms in total. The second-order valence-corrected chi connectivity index (χ2v) is 9.29. The minimum Gasteiger partial charge on any atom is -0.337 e. The third kappa shape index (κ3) is 3.73. The number of hydrogen-bond donors (Lipinski definition) is 2. The molecule has 4 aromatic rings. The zero-order valence-corrected chi connectivity index (χ0v) is 19.4. The van der Waals surface area contributed by atoms with Gasteiger partial charge in [-0.3, -0.25) is 24.0 Å². The molecule has 1 aliphatic heterocycles. The van der Waals surface area contributed by atoms with Gasteiger partial charge in [0, 0.05) is 30.1 Å². The SMILES string of the molecule is CC(=O)N1CCc2c(sc3c2c(=O)n(-c2ccccc2)c(=O)n3CC(=O)Nc2cc(C)[nH]n2)C1. The molecule has 34 heavy (non-hydrogen) atoms. The number of carbonyl (C=O) groups excluding carboxylic acids is 2. The Balaban J connectivity index is 1.68. The molecular formula is C23H22N6O4S. The largest absolute Gasteiger partial charge is 0.337 e. The van der Waals surface area contributed by atoms with E-state index in [4.69, 9.17) is 0 Å². The standard InChI is InChI=1S/C23H22N6O4S/c1-13-10-18(26-25-13)24-19(31)12-28-22-20(16-8-9-27(14(2)30)11-17(16)34-22)21(32)29(23(28)33)15-6-4-3-5-7-15/h3-7,10H,8-9,11-12H2,1-2H3,(H2,24,25,26,31). The number of hydrogen-bond acceptors (Lipinski definition) is 6. The molecule has 0 atom stereocenters. The van der Waals surface area contributed by atoms with Gasteiger partial charge in [0.15, 0.2) is 5.82 Å². The fourth-order valence-electron chi connectivity index (χ4n) is 4.23. The number of aryl methyl sites for hydroxylation is 1. The summed E-state index contributed by atoms with van der Waals surface area (Å²) < 4.78 is 2.44. The van der Waals surface area contributed by atoms with Crippen LogP contribution in [0.4, 0.5) is 5.82 Å². The highest BCUT2D eigenvalue weighted by molar-refractivity contribution is 7.18. The maximum Gasteiger partial charge on any atom is 0.337 e. The maximum atomic E-state index is 13.6. The molecule has 0 saturated carbocycles. The van der Waals surface area contributed by atoms with Crippen LogP contribution in [0.5, 0.6) is 0 Å². The molecule has 0 spiro atoms. The number of benzene rings is 1. The summed E-state index contributed by atoms with van der Waals surface area (Å²) in [5.74, 6) is -0.133. The van der Waals surface area contributed by atoms with E-state index in [9.17, 15) is 19.2 Å². The smallest absolute Gasteiger partial charge is 0.337 e. The van der Waals surface area contributed by atoms with Gasteiger partial charge in [-0.25, -0.2) is 9.36 Å². The molecule has 174 valence electrons. The van der Waals surface area contributed by atoms with Crippen LogP contribution in [0.15, 0.2) is 46.0 Å². The van der Waals surface area contributed by atoms with Crippen LogP contribution in [0.25, 0.3) is 15.9 Å². The first-order valence-electron chi connectivity index (χ1n) is 10.8. The molecule has 1 aromatic carbocycles. The Morgan fingerprint density at radius 3 is 2.65 bits per heavy atom. The summed E-state index contributed by atoms with van der Waals surface area (Å²) in [6.07, 6.45) is 0.510. The van der Waals surface area contributed by atoms with E-state index in [0.29, 0.717) is 41.2 Å². The first-order valence-corrected chi connectivity index (χ1v) is 11.6. The van der Waals surface area contributed by atoms with Gasteiger partial charge in [0.1, 0.15) is 11.4 Å². The van der Waals surface area contributed by atoms with Crippen LogP contribution in [-0.4, -0.2) is 42.6 Å². The molecule has 0 bridgehead atoms. The minimum atomic E-state index is -0.598. The van der Waals surface area contributed by atoms with Crippen molar-refractivity contribution in [1.82, 2.24) is 24.2 Å². The Hall–Kier alpha value is -3.99. The molecule has 0 fully saturated rings. The highest BCUT2D eigenvalue weighted by Gasteiger charge is 2.28. The number of fused-ring (bicyclic) bond motifs is 3. The lowest BCUT2D eigenvalue weighted by atomic mass is 10.1. The molecule has 2 N–H and O–H groups in total. The van der Waals surface area contributed by atoms with Gasteiger partial charge in [0.05, 0.1) is 17.6 Å². The Morgan fingerprint density at radius 1 is 1.21 bits per heavy atom. The summed E-state index contributed by atoms with van der Waals surface area (Å²) in [6.45, 7) is 3.91. The van der Waals surface area contributed by atoms with Crippen LogP contribution in [0, 0.1) is 6.92 Å². The molecule has 0 saturated heterocycles. The lowest BCUT2D eigenvalue weighted by molar-refractivity contribution is -0.129. The van der Waals surface area contributed by atoms with Crippen molar-refractivity contribution >= 4 is 39.2 Å². The predicted octanol–water partition coefficient (Wildman–Crippen LogP) is 1.79. The van der Waals surface area contributed by atoms with E-state index in [2.05, 4.69) is 15.5 Å². The van der Waals surface area contributed by atoms with Crippen molar-refractivity contribution in [2.45, 2.75) is 33.4 Å². The lowest BCUT2D eigenvalue weighted by Crippen LogP contribution is -2.41. The molecule has 0 radical (unpaired) electrons. The molecule has 0 aliphatic carbocycles. The van der Waals surface area contributed by atoms with Crippen molar-refractivity contribution < 1.29 is 9.59 Å². The third-order valence-corrected chi connectivity index (χ3v) is 7.10. The number of anilines is 1. The molecule has 3 aromatic heterocycles. The second kappa shape index (κ2) is 8.41.